The van der Waals surface area contributed by atoms with Crippen LogP contribution < -0.4 is 10.1 Å². The van der Waals surface area contributed by atoms with E-state index in [-0.39, 0.29) is 6.61 Å². The Balaban J connectivity index is 2.11. The van der Waals surface area contributed by atoms with Gasteiger partial charge in [0.25, 0.3) is 0 Å². The van der Waals surface area contributed by atoms with Gasteiger partial charge in [0.15, 0.2) is 0 Å². The lowest BCUT2D eigenvalue weighted by molar-refractivity contribution is 0.247. The van der Waals surface area contributed by atoms with Crippen molar-refractivity contribution in [2.75, 3.05) is 26.3 Å². The Labute approximate surface area is 118 Å². The van der Waals surface area contributed by atoms with Crippen molar-refractivity contribution in [2.24, 2.45) is 5.92 Å². The predicted octanol–water partition coefficient (Wildman–Crippen LogP) is 2.83. The lowest BCUT2D eigenvalue weighted by atomic mass is 10.0. The van der Waals surface area contributed by atoms with Crippen LogP contribution in [-0.4, -0.2) is 31.4 Å². The van der Waals surface area contributed by atoms with Crippen LogP contribution in [0.2, 0.25) is 0 Å². The Kier molecular flexibility index (Phi) is 8.05. The van der Waals surface area contributed by atoms with Gasteiger partial charge in [-0.05, 0) is 37.1 Å². The fourth-order valence-electron chi connectivity index (χ4n) is 1.74. The largest absolute Gasteiger partial charge is 0.492 e. The van der Waals surface area contributed by atoms with E-state index in [2.05, 4.69) is 28.2 Å². The molecule has 0 saturated carbocycles. The molecule has 18 heavy (non-hydrogen) atoms. The van der Waals surface area contributed by atoms with Gasteiger partial charge in [0.2, 0.25) is 0 Å². The number of ether oxygens (including phenoxy) is 1. The number of halogens is 1. The molecule has 0 fully saturated rings. The van der Waals surface area contributed by atoms with Crippen LogP contribution in [0.4, 0.5) is 0 Å². The highest BCUT2D eigenvalue weighted by Gasteiger charge is 2.04. The summed E-state index contributed by atoms with van der Waals surface area (Å²) in [5.41, 5.74) is 0. The van der Waals surface area contributed by atoms with Crippen molar-refractivity contribution in [3.05, 3.63) is 28.7 Å². The molecule has 0 heterocycles. The normalized spacial score (nSPS) is 12.4. The van der Waals surface area contributed by atoms with Crippen molar-refractivity contribution in [3.8, 4) is 5.75 Å². The Hall–Kier alpha value is -0.580. The van der Waals surface area contributed by atoms with E-state index < -0.39 is 0 Å². The summed E-state index contributed by atoms with van der Waals surface area (Å²) >= 11 is 3.41. The molecular weight excluding hydrogens is 294 g/mol. The third kappa shape index (κ3) is 6.38. The maximum atomic E-state index is 8.89. The fourth-order valence-corrected chi connectivity index (χ4v) is 2.12. The van der Waals surface area contributed by atoms with Gasteiger partial charge in [0, 0.05) is 17.6 Å². The van der Waals surface area contributed by atoms with Crippen LogP contribution in [0.15, 0.2) is 28.7 Å². The van der Waals surface area contributed by atoms with E-state index in [0.29, 0.717) is 12.5 Å². The molecule has 1 unspecified atom stereocenters. The number of rotatable bonds is 9. The van der Waals surface area contributed by atoms with Crippen LogP contribution >= 0.6 is 15.9 Å². The number of hydrogen-bond acceptors (Lipinski definition) is 3. The van der Waals surface area contributed by atoms with Gasteiger partial charge < -0.3 is 15.2 Å². The number of aliphatic hydroxyl groups is 1. The van der Waals surface area contributed by atoms with E-state index in [4.69, 9.17) is 9.84 Å². The van der Waals surface area contributed by atoms with Crippen molar-refractivity contribution in [1.29, 1.82) is 0 Å². The molecule has 1 aromatic carbocycles. The molecule has 0 aliphatic heterocycles. The molecule has 0 bridgehead atoms. The first-order chi connectivity index (χ1) is 8.76. The maximum absolute atomic E-state index is 8.89. The summed E-state index contributed by atoms with van der Waals surface area (Å²) < 4.78 is 6.65. The minimum Gasteiger partial charge on any atom is -0.492 e. The SMILES string of the molecule is CCC(CCO)CNCCOc1cccc(Br)c1. The van der Waals surface area contributed by atoms with E-state index in [0.717, 1.165) is 36.2 Å². The zero-order valence-corrected chi connectivity index (χ0v) is 12.4. The molecule has 0 aliphatic carbocycles. The molecule has 0 amide bonds. The van der Waals surface area contributed by atoms with Gasteiger partial charge >= 0.3 is 0 Å². The first-order valence-corrected chi connectivity index (χ1v) is 7.25. The lowest BCUT2D eigenvalue weighted by Gasteiger charge is -2.14. The molecule has 102 valence electrons. The molecular formula is C14H22BrNO2. The topological polar surface area (TPSA) is 41.5 Å². The average Bonchev–Trinajstić information content (AvgIpc) is 2.37. The van der Waals surface area contributed by atoms with E-state index >= 15 is 0 Å². The van der Waals surface area contributed by atoms with Gasteiger partial charge in [-0.15, -0.1) is 0 Å². The van der Waals surface area contributed by atoms with Crippen LogP contribution in [0.25, 0.3) is 0 Å². The molecule has 1 aromatic rings. The zero-order valence-electron chi connectivity index (χ0n) is 10.9. The van der Waals surface area contributed by atoms with Gasteiger partial charge in [-0.1, -0.05) is 35.3 Å². The first kappa shape index (κ1) is 15.5. The quantitative estimate of drug-likeness (QED) is 0.688. The Bertz CT molecular complexity index is 333. The number of nitrogens with one attached hydrogen (secondary N) is 1. The molecule has 2 N–H and O–H groups in total. The fraction of sp³-hybridized carbons (Fsp3) is 0.571. The lowest BCUT2D eigenvalue weighted by Crippen LogP contribution is -2.27. The van der Waals surface area contributed by atoms with Crippen molar-refractivity contribution in [2.45, 2.75) is 19.8 Å². The molecule has 3 nitrogen and oxygen atoms in total. The molecule has 0 aromatic heterocycles. The second-order valence-electron chi connectivity index (χ2n) is 4.30. The second-order valence-corrected chi connectivity index (χ2v) is 5.21. The van der Waals surface area contributed by atoms with Gasteiger partial charge in [-0.2, -0.15) is 0 Å². The van der Waals surface area contributed by atoms with Crippen molar-refractivity contribution in [3.63, 3.8) is 0 Å². The smallest absolute Gasteiger partial charge is 0.120 e. The van der Waals surface area contributed by atoms with Gasteiger partial charge in [0.05, 0.1) is 0 Å². The summed E-state index contributed by atoms with van der Waals surface area (Å²) in [4.78, 5) is 0. The van der Waals surface area contributed by atoms with Crippen LogP contribution in [-0.2, 0) is 0 Å². The highest BCUT2D eigenvalue weighted by Crippen LogP contribution is 2.17. The zero-order chi connectivity index (χ0) is 13.2. The molecule has 0 saturated heterocycles. The third-order valence-corrected chi connectivity index (χ3v) is 3.38. The second kappa shape index (κ2) is 9.36. The van der Waals surface area contributed by atoms with Gasteiger partial charge in [-0.3, -0.25) is 0 Å². The molecule has 1 rings (SSSR count). The van der Waals surface area contributed by atoms with Crippen molar-refractivity contribution < 1.29 is 9.84 Å². The first-order valence-electron chi connectivity index (χ1n) is 6.46. The van der Waals surface area contributed by atoms with E-state index in [1.54, 1.807) is 0 Å². The summed E-state index contributed by atoms with van der Waals surface area (Å²) in [6, 6.07) is 7.85. The average molecular weight is 316 g/mol. The standard InChI is InChI=1S/C14H22BrNO2/c1-2-12(6-8-17)11-16-7-9-18-14-5-3-4-13(15)10-14/h3-5,10,12,16-17H,2,6-9,11H2,1H3. The van der Waals surface area contributed by atoms with Crippen LogP contribution in [0.1, 0.15) is 19.8 Å². The monoisotopic (exact) mass is 315 g/mol. The van der Waals surface area contributed by atoms with E-state index in [1.165, 1.54) is 0 Å². The minimum atomic E-state index is 0.273. The maximum Gasteiger partial charge on any atom is 0.120 e. The number of aliphatic hydroxyl groups excluding tert-OH is 1. The summed E-state index contributed by atoms with van der Waals surface area (Å²) in [7, 11) is 0. The molecule has 4 heteroatoms. The Morgan fingerprint density at radius 1 is 1.44 bits per heavy atom. The van der Waals surface area contributed by atoms with Crippen LogP contribution in [0.3, 0.4) is 0 Å². The predicted molar refractivity (Wildman–Crippen MR) is 78.0 cm³/mol. The molecule has 1 atom stereocenters. The molecule has 0 aliphatic rings. The molecule has 0 spiro atoms. The summed E-state index contributed by atoms with van der Waals surface area (Å²) in [6.07, 6.45) is 1.97. The minimum absolute atomic E-state index is 0.273. The summed E-state index contributed by atoms with van der Waals surface area (Å²) in [5.74, 6) is 1.44. The van der Waals surface area contributed by atoms with E-state index in [9.17, 15) is 0 Å². The summed E-state index contributed by atoms with van der Waals surface area (Å²) in [6.45, 7) is 4.86. The van der Waals surface area contributed by atoms with Gasteiger partial charge in [-0.25, -0.2) is 0 Å². The van der Waals surface area contributed by atoms with E-state index in [1.807, 2.05) is 24.3 Å². The van der Waals surface area contributed by atoms with Crippen molar-refractivity contribution >= 4 is 15.9 Å². The number of hydrogen-bond donors (Lipinski definition) is 2. The number of benzene rings is 1. The summed E-state index contributed by atoms with van der Waals surface area (Å²) in [5, 5.41) is 12.2. The third-order valence-electron chi connectivity index (χ3n) is 2.89. The van der Waals surface area contributed by atoms with Crippen molar-refractivity contribution in [1.82, 2.24) is 5.32 Å². The highest BCUT2D eigenvalue weighted by atomic mass is 79.9. The Morgan fingerprint density at radius 2 is 2.28 bits per heavy atom. The highest BCUT2D eigenvalue weighted by molar-refractivity contribution is 9.10. The van der Waals surface area contributed by atoms with Crippen LogP contribution in [0, 0.1) is 5.92 Å². The Morgan fingerprint density at radius 3 is 2.94 bits per heavy atom. The molecule has 0 radical (unpaired) electrons. The van der Waals surface area contributed by atoms with Gasteiger partial charge in [0.1, 0.15) is 12.4 Å². The van der Waals surface area contributed by atoms with Crippen LogP contribution in [0.5, 0.6) is 5.75 Å².